The molecule has 0 atom stereocenters. The van der Waals surface area contributed by atoms with E-state index in [0.29, 0.717) is 11.3 Å². The molecule has 3 nitrogen and oxygen atoms in total. The van der Waals surface area contributed by atoms with Gasteiger partial charge >= 0.3 is 5.97 Å². The summed E-state index contributed by atoms with van der Waals surface area (Å²) in [5.41, 5.74) is 0.992. The first-order valence-corrected chi connectivity index (χ1v) is 3.93. The summed E-state index contributed by atoms with van der Waals surface area (Å²) >= 11 is 0. The van der Waals surface area contributed by atoms with Gasteiger partial charge < -0.3 is 5.11 Å². The number of rotatable bonds is 3. The van der Waals surface area contributed by atoms with Gasteiger partial charge in [-0.2, -0.15) is 0 Å². The Balaban J connectivity index is 0.00000144. The van der Waals surface area contributed by atoms with Crippen molar-refractivity contribution >= 4 is 18.4 Å². The Kier molecular flexibility index (Phi) is 5.07. The van der Waals surface area contributed by atoms with E-state index in [1.807, 2.05) is 6.92 Å². The van der Waals surface area contributed by atoms with Crippen LogP contribution in [0.4, 0.5) is 0 Å². The first-order valence-electron chi connectivity index (χ1n) is 3.93. The summed E-state index contributed by atoms with van der Waals surface area (Å²) < 4.78 is 0. The fraction of sp³-hybridized carbons (Fsp3) is 0.333. The van der Waals surface area contributed by atoms with Crippen LogP contribution >= 0.6 is 12.4 Å². The molecule has 0 bridgehead atoms. The highest BCUT2D eigenvalue weighted by atomic mass is 35.5. The molecule has 0 radical (unpaired) electrons. The zero-order valence-electron chi connectivity index (χ0n) is 7.36. The Hall–Kier alpha value is -1.09. The SMILES string of the molecule is CCCc1ncccc1C(=O)O.Cl. The fourth-order valence-corrected chi connectivity index (χ4v) is 1.07. The van der Waals surface area contributed by atoms with Crippen molar-refractivity contribution in [3.63, 3.8) is 0 Å². The van der Waals surface area contributed by atoms with Crippen molar-refractivity contribution in [3.8, 4) is 0 Å². The van der Waals surface area contributed by atoms with Gasteiger partial charge in [-0.15, -0.1) is 12.4 Å². The molecular weight excluding hydrogens is 190 g/mol. The van der Waals surface area contributed by atoms with Crippen LogP contribution in [0.15, 0.2) is 18.3 Å². The predicted octanol–water partition coefficient (Wildman–Crippen LogP) is 2.15. The van der Waals surface area contributed by atoms with Crippen LogP contribution in [0.2, 0.25) is 0 Å². The number of aromatic carboxylic acids is 1. The Bertz CT molecular complexity index is 289. The molecule has 1 N–H and O–H groups in total. The molecule has 0 saturated heterocycles. The lowest BCUT2D eigenvalue weighted by atomic mass is 10.1. The number of nitrogens with zero attached hydrogens (tertiary/aromatic N) is 1. The molecule has 0 spiro atoms. The van der Waals surface area contributed by atoms with Gasteiger partial charge in [-0.1, -0.05) is 13.3 Å². The summed E-state index contributed by atoms with van der Waals surface area (Å²) in [6.07, 6.45) is 3.26. The Labute approximate surface area is 83.2 Å². The molecule has 0 aromatic carbocycles. The van der Waals surface area contributed by atoms with Gasteiger partial charge in [0.05, 0.1) is 11.3 Å². The molecule has 0 unspecified atom stereocenters. The van der Waals surface area contributed by atoms with E-state index < -0.39 is 5.97 Å². The lowest BCUT2D eigenvalue weighted by Crippen LogP contribution is -2.03. The van der Waals surface area contributed by atoms with E-state index >= 15 is 0 Å². The molecular formula is C9H12ClNO2. The smallest absolute Gasteiger partial charge is 0.337 e. The highest BCUT2D eigenvalue weighted by Gasteiger charge is 2.08. The van der Waals surface area contributed by atoms with Gasteiger partial charge in [-0.25, -0.2) is 4.79 Å². The number of halogens is 1. The number of aryl methyl sites for hydroxylation is 1. The van der Waals surface area contributed by atoms with Gasteiger partial charge in [0.15, 0.2) is 0 Å². The number of hydrogen-bond donors (Lipinski definition) is 1. The number of carbonyl (C=O) groups is 1. The molecule has 0 saturated carbocycles. The minimum absolute atomic E-state index is 0. The van der Waals surface area contributed by atoms with E-state index in [-0.39, 0.29) is 12.4 Å². The predicted molar refractivity (Wildman–Crippen MR) is 52.4 cm³/mol. The highest BCUT2D eigenvalue weighted by molar-refractivity contribution is 5.88. The van der Waals surface area contributed by atoms with E-state index in [4.69, 9.17) is 5.11 Å². The number of carboxylic acids is 1. The van der Waals surface area contributed by atoms with E-state index in [1.165, 1.54) is 0 Å². The van der Waals surface area contributed by atoms with Crippen LogP contribution in [0.25, 0.3) is 0 Å². The molecule has 1 aromatic heterocycles. The lowest BCUT2D eigenvalue weighted by molar-refractivity contribution is 0.0695. The molecule has 0 fully saturated rings. The maximum Gasteiger partial charge on any atom is 0.337 e. The largest absolute Gasteiger partial charge is 0.478 e. The maximum atomic E-state index is 10.7. The Morgan fingerprint density at radius 2 is 2.31 bits per heavy atom. The summed E-state index contributed by atoms with van der Waals surface area (Å²) in [6.45, 7) is 2.00. The Morgan fingerprint density at radius 3 is 2.85 bits per heavy atom. The van der Waals surface area contributed by atoms with Crippen molar-refractivity contribution in [2.24, 2.45) is 0 Å². The summed E-state index contributed by atoms with van der Waals surface area (Å²) in [5.74, 6) is -0.897. The highest BCUT2D eigenvalue weighted by Crippen LogP contribution is 2.07. The maximum absolute atomic E-state index is 10.7. The van der Waals surface area contributed by atoms with Crippen molar-refractivity contribution < 1.29 is 9.90 Å². The summed E-state index contributed by atoms with van der Waals surface area (Å²) in [7, 11) is 0. The second kappa shape index (κ2) is 5.54. The molecule has 0 aliphatic heterocycles. The van der Waals surface area contributed by atoms with Crippen molar-refractivity contribution in [2.45, 2.75) is 19.8 Å². The van der Waals surface area contributed by atoms with Gasteiger partial charge in [-0.05, 0) is 18.6 Å². The quantitative estimate of drug-likeness (QED) is 0.816. The van der Waals surface area contributed by atoms with Crippen molar-refractivity contribution in [2.75, 3.05) is 0 Å². The van der Waals surface area contributed by atoms with E-state index in [2.05, 4.69) is 4.98 Å². The number of hydrogen-bond acceptors (Lipinski definition) is 2. The van der Waals surface area contributed by atoms with Crippen molar-refractivity contribution in [1.82, 2.24) is 4.98 Å². The van der Waals surface area contributed by atoms with Crippen molar-refractivity contribution in [1.29, 1.82) is 0 Å². The summed E-state index contributed by atoms with van der Waals surface area (Å²) in [5, 5.41) is 8.75. The van der Waals surface area contributed by atoms with Crippen molar-refractivity contribution in [3.05, 3.63) is 29.6 Å². The topological polar surface area (TPSA) is 50.2 Å². The Morgan fingerprint density at radius 1 is 1.62 bits per heavy atom. The first kappa shape index (κ1) is 11.9. The zero-order valence-corrected chi connectivity index (χ0v) is 8.17. The second-order valence-electron chi connectivity index (χ2n) is 2.55. The first-order chi connectivity index (χ1) is 5.75. The summed E-state index contributed by atoms with van der Waals surface area (Å²) in [6, 6.07) is 3.23. The van der Waals surface area contributed by atoms with E-state index in [1.54, 1.807) is 18.3 Å². The van der Waals surface area contributed by atoms with Crippen LogP contribution in [0.1, 0.15) is 29.4 Å². The third kappa shape index (κ3) is 3.03. The second-order valence-corrected chi connectivity index (χ2v) is 2.55. The molecule has 13 heavy (non-hydrogen) atoms. The van der Waals surface area contributed by atoms with Gasteiger partial charge in [0.2, 0.25) is 0 Å². The molecule has 0 aliphatic rings. The van der Waals surface area contributed by atoms with Crippen LogP contribution in [-0.2, 0) is 6.42 Å². The molecule has 1 rings (SSSR count). The van der Waals surface area contributed by atoms with Gasteiger partial charge in [-0.3, -0.25) is 4.98 Å². The normalized spacial score (nSPS) is 9.00. The molecule has 0 amide bonds. The lowest BCUT2D eigenvalue weighted by Gasteiger charge is -2.01. The standard InChI is InChI=1S/C9H11NO2.ClH/c1-2-4-8-7(9(11)12)5-3-6-10-8;/h3,5-6H,2,4H2,1H3,(H,11,12);1H. The molecule has 72 valence electrons. The average molecular weight is 202 g/mol. The van der Waals surface area contributed by atoms with Crippen LogP contribution in [0.3, 0.4) is 0 Å². The minimum Gasteiger partial charge on any atom is -0.478 e. The molecule has 1 aromatic rings. The number of carboxylic acid groups (broad SMARTS) is 1. The van der Waals surface area contributed by atoms with Crippen LogP contribution in [0, 0.1) is 0 Å². The van der Waals surface area contributed by atoms with Crippen LogP contribution < -0.4 is 0 Å². The third-order valence-electron chi connectivity index (χ3n) is 1.61. The number of aromatic nitrogens is 1. The average Bonchev–Trinajstić information content (AvgIpc) is 2.05. The number of pyridine rings is 1. The van der Waals surface area contributed by atoms with E-state index in [9.17, 15) is 4.79 Å². The molecule has 0 aliphatic carbocycles. The molecule has 1 heterocycles. The minimum atomic E-state index is -0.897. The third-order valence-corrected chi connectivity index (χ3v) is 1.61. The monoisotopic (exact) mass is 201 g/mol. The summed E-state index contributed by atoms with van der Waals surface area (Å²) in [4.78, 5) is 14.7. The van der Waals surface area contributed by atoms with Gasteiger partial charge in [0.1, 0.15) is 0 Å². The van der Waals surface area contributed by atoms with Gasteiger partial charge in [0, 0.05) is 6.20 Å². The van der Waals surface area contributed by atoms with Crippen LogP contribution in [-0.4, -0.2) is 16.1 Å². The fourth-order valence-electron chi connectivity index (χ4n) is 1.07. The molecule has 4 heteroatoms. The van der Waals surface area contributed by atoms with E-state index in [0.717, 1.165) is 12.8 Å². The van der Waals surface area contributed by atoms with Gasteiger partial charge in [0.25, 0.3) is 0 Å². The van der Waals surface area contributed by atoms with Crippen LogP contribution in [0.5, 0.6) is 0 Å². The zero-order chi connectivity index (χ0) is 8.97.